The maximum Gasteiger partial charge on any atom is 0.270 e. The van der Waals surface area contributed by atoms with Gasteiger partial charge >= 0.3 is 0 Å². The number of nitrogens with two attached hydrogens (primary N) is 1. The average Bonchev–Trinajstić information content (AvgIpc) is 3.30. The van der Waals surface area contributed by atoms with Gasteiger partial charge in [0.05, 0.1) is 0 Å². The third-order valence-corrected chi connectivity index (χ3v) is 4.63. The van der Waals surface area contributed by atoms with Gasteiger partial charge in [-0.2, -0.15) is 0 Å². The van der Waals surface area contributed by atoms with Crippen LogP contribution in [0.4, 0.5) is 4.39 Å². The molecule has 8 heteroatoms. The highest BCUT2D eigenvalue weighted by Gasteiger charge is 2.28. The largest absolute Gasteiger partial charge is 0.364 e. The molecule has 1 atom stereocenters. The molecule has 7 nitrogen and oxygen atoms in total. The number of aromatic amines is 1. The van der Waals surface area contributed by atoms with E-state index < -0.39 is 5.91 Å². The molecule has 1 aromatic carbocycles. The molecule has 1 unspecified atom stereocenters. The molecule has 1 aliphatic heterocycles. The summed E-state index contributed by atoms with van der Waals surface area (Å²) in [5, 5.41) is 2.87. The predicted molar refractivity (Wildman–Crippen MR) is 102 cm³/mol. The van der Waals surface area contributed by atoms with Crippen molar-refractivity contribution in [3.05, 3.63) is 65.2 Å². The SMILES string of the molecule is C/C(=C\C(=O)NC1CCN(C(=O)c2ccc(C(N)=O)[nH]2)C1)c1cccc(F)c1. The van der Waals surface area contributed by atoms with Crippen molar-refractivity contribution in [2.45, 2.75) is 19.4 Å². The van der Waals surface area contributed by atoms with E-state index in [-0.39, 0.29) is 35.1 Å². The molecule has 2 aromatic rings. The summed E-state index contributed by atoms with van der Waals surface area (Å²) in [7, 11) is 0. The number of allylic oxidation sites excluding steroid dienone is 1. The predicted octanol–water partition coefficient (Wildman–Crippen LogP) is 1.69. The smallest absolute Gasteiger partial charge is 0.270 e. The fourth-order valence-corrected chi connectivity index (χ4v) is 3.15. The number of nitrogens with zero attached hydrogens (tertiary/aromatic N) is 1. The van der Waals surface area contributed by atoms with E-state index in [1.54, 1.807) is 24.0 Å². The summed E-state index contributed by atoms with van der Waals surface area (Å²) in [5.41, 5.74) is 6.91. The van der Waals surface area contributed by atoms with Gasteiger partial charge in [-0.05, 0) is 48.7 Å². The first-order chi connectivity index (χ1) is 13.3. The summed E-state index contributed by atoms with van der Waals surface area (Å²) in [4.78, 5) is 40.2. The third-order valence-electron chi connectivity index (χ3n) is 4.63. The van der Waals surface area contributed by atoms with Gasteiger partial charge in [0.2, 0.25) is 5.91 Å². The van der Waals surface area contributed by atoms with Gasteiger partial charge in [-0.25, -0.2) is 4.39 Å². The minimum absolute atomic E-state index is 0.172. The zero-order chi connectivity index (χ0) is 20.3. The van der Waals surface area contributed by atoms with Crippen molar-refractivity contribution in [3.8, 4) is 0 Å². The van der Waals surface area contributed by atoms with E-state index in [0.29, 0.717) is 30.6 Å². The lowest BCUT2D eigenvalue weighted by atomic mass is 10.1. The number of amides is 3. The Morgan fingerprint density at radius 1 is 1.25 bits per heavy atom. The quantitative estimate of drug-likeness (QED) is 0.683. The topological polar surface area (TPSA) is 108 Å². The van der Waals surface area contributed by atoms with Crippen LogP contribution < -0.4 is 11.1 Å². The van der Waals surface area contributed by atoms with Crippen LogP contribution in [-0.4, -0.2) is 46.7 Å². The van der Waals surface area contributed by atoms with E-state index in [1.807, 2.05) is 0 Å². The second-order valence-corrected chi connectivity index (χ2v) is 6.73. The number of aromatic nitrogens is 1. The first-order valence-corrected chi connectivity index (χ1v) is 8.86. The molecule has 0 radical (unpaired) electrons. The third kappa shape index (κ3) is 4.46. The lowest BCUT2D eigenvalue weighted by Gasteiger charge is -2.16. The monoisotopic (exact) mass is 384 g/mol. The van der Waals surface area contributed by atoms with Crippen LogP contribution in [0.15, 0.2) is 42.5 Å². The second-order valence-electron chi connectivity index (χ2n) is 6.73. The molecule has 1 saturated heterocycles. The molecule has 0 spiro atoms. The van der Waals surface area contributed by atoms with Crippen molar-refractivity contribution < 1.29 is 18.8 Å². The number of carbonyl (C=O) groups is 3. The van der Waals surface area contributed by atoms with E-state index in [9.17, 15) is 18.8 Å². The molecule has 0 aliphatic carbocycles. The van der Waals surface area contributed by atoms with E-state index in [0.717, 1.165) is 0 Å². The highest BCUT2D eigenvalue weighted by atomic mass is 19.1. The number of hydrogen-bond donors (Lipinski definition) is 3. The van der Waals surface area contributed by atoms with Crippen molar-refractivity contribution in [1.29, 1.82) is 0 Å². The standard InChI is InChI=1S/C20H21FN4O3/c1-12(13-3-2-4-14(21)10-13)9-18(26)23-15-7-8-25(11-15)20(28)17-6-5-16(24-17)19(22)27/h2-6,9-10,15,24H,7-8,11H2,1H3,(H2,22,27)(H,23,26)/b12-9+. The van der Waals surface area contributed by atoms with Crippen molar-refractivity contribution in [2.75, 3.05) is 13.1 Å². The Labute approximate surface area is 161 Å². The molecular formula is C20H21FN4O3. The summed E-state index contributed by atoms with van der Waals surface area (Å²) in [6, 6.07) is 8.83. The highest BCUT2D eigenvalue weighted by Crippen LogP contribution is 2.16. The summed E-state index contributed by atoms with van der Waals surface area (Å²) in [5.74, 6) is -1.54. The summed E-state index contributed by atoms with van der Waals surface area (Å²) in [6.45, 7) is 2.59. The van der Waals surface area contributed by atoms with Crippen molar-refractivity contribution in [2.24, 2.45) is 5.73 Å². The molecular weight excluding hydrogens is 363 g/mol. The zero-order valence-corrected chi connectivity index (χ0v) is 15.4. The summed E-state index contributed by atoms with van der Waals surface area (Å²) in [6.07, 6.45) is 2.04. The molecule has 2 heterocycles. The summed E-state index contributed by atoms with van der Waals surface area (Å²) >= 11 is 0. The Hall–Kier alpha value is -3.42. The number of carbonyl (C=O) groups excluding carboxylic acids is 3. The number of rotatable bonds is 5. The van der Waals surface area contributed by atoms with Gasteiger partial charge < -0.3 is 20.9 Å². The zero-order valence-electron chi connectivity index (χ0n) is 15.4. The molecule has 146 valence electrons. The van der Waals surface area contributed by atoms with E-state index in [4.69, 9.17) is 5.73 Å². The molecule has 0 bridgehead atoms. The van der Waals surface area contributed by atoms with Crippen LogP contribution in [0.2, 0.25) is 0 Å². The molecule has 0 saturated carbocycles. The van der Waals surface area contributed by atoms with Crippen molar-refractivity contribution in [3.63, 3.8) is 0 Å². The number of nitrogens with one attached hydrogen (secondary N) is 2. The molecule has 28 heavy (non-hydrogen) atoms. The molecule has 1 aliphatic rings. The van der Waals surface area contributed by atoms with Crippen LogP contribution in [0, 0.1) is 5.82 Å². The second kappa shape index (κ2) is 8.08. The van der Waals surface area contributed by atoms with E-state index in [1.165, 1.54) is 30.3 Å². The maximum absolute atomic E-state index is 13.3. The Kier molecular flexibility index (Phi) is 5.58. The molecule has 1 aromatic heterocycles. The van der Waals surface area contributed by atoms with Gasteiger partial charge in [0.25, 0.3) is 11.8 Å². The molecule has 3 amide bonds. The van der Waals surface area contributed by atoms with Crippen LogP contribution in [0.25, 0.3) is 5.57 Å². The normalized spacial score (nSPS) is 16.9. The van der Waals surface area contributed by atoms with Crippen LogP contribution >= 0.6 is 0 Å². The number of benzene rings is 1. The fourth-order valence-electron chi connectivity index (χ4n) is 3.15. The van der Waals surface area contributed by atoms with Gasteiger partial charge in [-0.1, -0.05) is 12.1 Å². The van der Waals surface area contributed by atoms with E-state index in [2.05, 4.69) is 10.3 Å². The Morgan fingerprint density at radius 2 is 2.00 bits per heavy atom. The first-order valence-electron chi connectivity index (χ1n) is 8.86. The number of primary amides is 1. The van der Waals surface area contributed by atoms with Crippen molar-refractivity contribution in [1.82, 2.24) is 15.2 Å². The van der Waals surface area contributed by atoms with Crippen LogP contribution in [0.3, 0.4) is 0 Å². The van der Waals surface area contributed by atoms with Crippen molar-refractivity contribution >= 4 is 23.3 Å². The Morgan fingerprint density at radius 3 is 2.68 bits per heavy atom. The van der Waals surface area contributed by atoms with Gasteiger partial charge in [0, 0.05) is 25.2 Å². The summed E-state index contributed by atoms with van der Waals surface area (Å²) < 4.78 is 13.3. The number of likely N-dealkylation sites (tertiary alicyclic amines) is 1. The molecule has 1 fully saturated rings. The molecule has 4 N–H and O–H groups in total. The highest BCUT2D eigenvalue weighted by molar-refractivity contribution is 5.97. The van der Waals surface area contributed by atoms with Crippen LogP contribution in [0.1, 0.15) is 39.9 Å². The van der Waals surface area contributed by atoms with Gasteiger partial charge in [0.1, 0.15) is 17.2 Å². The minimum atomic E-state index is -0.633. The number of hydrogen-bond acceptors (Lipinski definition) is 3. The number of H-pyrrole nitrogens is 1. The lowest BCUT2D eigenvalue weighted by molar-refractivity contribution is -0.117. The Balaban J connectivity index is 1.57. The van der Waals surface area contributed by atoms with E-state index >= 15 is 0 Å². The first kappa shape index (κ1) is 19.3. The lowest BCUT2D eigenvalue weighted by Crippen LogP contribution is -2.37. The van der Waals surface area contributed by atoms with Gasteiger partial charge in [-0.15, -0.1) is 0 Å². The Bertz CT molecular complexity index is 950. The average molecular weight is 384 g/mol. The van der Waals surface area contributed by atoms with Gasteiger partial charge in [-0.3, -0.25) is 14.4 Å². The minimum Gasteiger partial charge on any atom is -0.364 e. The molecule has 3 rings (SSSR count). The fraction of sp³-hybridized carbons (Fsp3) is 0.250. The maximum atomic E-state index is 13.3. The van der Waals surface area contributed by atoms with Gasteiger partial charge in [0.15, 0.2) is 0 Å². The van der Waals surface area contributed by atoms with Crippen LogP contribution in [0.5, 0.6) is 0 Å². The van der Waals surface area contributed by atoms with Crippen LogP contribution in [-0.2, 0) is 4.79 Å². The number of halogens is 1.